The number of hydrogen-bond acceptors (Lipinski definition) is 3. The molecule has 4 aromatic rings. The molecule has 1 heterocycles. The molecule has 1 aromatic heterocycles. The maximum atomic E-state index is 13.4. The highest BCUT2D eigenvalue weighted by atomic mass is 35.5. The molecule has 27 heavy (non-hydrogen) atoms. The first-order valence-corrected chi connectivity index (χ1v) is 10.3. The third kappa shape index (κ3) is 3.22. The standard InChI is InChI=1S/C22H16ClNO2S/c1-15-7-10-18(11-8-15)27(25,26)21-14-24-20-12-9-17(23)13-19(20)22(21)16-5-3-2-4-6-16/h2-14H,1H3. The molecule has 5 heteroatoms. The lowest BCUT2D eigenvalue weighted by atomic mass is 10.0. The summed E-state index contributed by atoms with van der Waals surface area (Å²) in [5.74, 6) is 0. The lowest BCUT2D eigenvalue weighted by molar-refractivity contribution is 0.596. The second-order valence-corrected chi connectivity index (χ2v) is 8.70. The Balaban J connectivity index is 2.08. The molecule has 0 saturated heterocycles. The number of hydrogen-bond donors (Lipinski definition) is 0. The summed E-state index contributed by atoms with van der Waals surface area (Å²) in [6.07, 6.45) is 1.44. The predicted molar refractivity (Wildman–Crippen MR) is 109 cm³/mol. The second kappa shape index (κ2) is 6.80. The molecule has 134 valence electrons. The zero-order valence-electron chi connectivity index (χ0n) is 14.6. The highest BCUT2D eigenvalue weighted by Crippen LogP contribution is 2.37. The largest absolute Gasteiger partial charge is 0.255 e. The summed E-state index contributed by atoms with van der Waals surface area (Å²) >= 11 is 6.20. The van der Waals surface area contributed by atoms with Crippen molar-refractivity contribution in [2.24, 2.45) is 0 Å². The van der Waals surface area contributed by atoms with Gasteiger partial charge in [0.1, 0.15) is 0 Å². The zero-order valence-corrected chi connectivity index (χ0v) is 16.1. The van der Waals surface area contributed by atoms with Crippen molar-refractivity contribution in [2.45, 2.75) is 16.7 Å². The normalized spacial score (nSPS) is 11.6. The van der Waals surface area contributed by atoms with Crippen LogP contribution in [0.5, 0.6) is 0 Å². The Bertz CT molecular complexity index is 1230. The highest BCUT2D eigenvalue weighted by molar-refractivity contribution is 7.91. The highest BCUT2D eigenvalue weighted by Gasteiger charge is 2.24. The van der Waals surface area contributed by atoms with Crippen molar-refractivity contribution in [3.63, 3.8) is 0 Å². The zero-order chi connectivity index (χ0) is 19.0. The summed E-state index contributed by atoms with van der Waals surface area (Å²) in [4.78, 5) is 4.80. The minimum absolute atomic E-state index is 0.173. The Morgan fingerprint density at radius 1 is 0.889 bits per heavy atom. The average molecular weight is 394 g/mol. The molecule has 3 aromatic carbocycles. The molecule has 0 aliphatic carbocycles. The van der Waals surface area contributed by atoms with Gasteiger partial charge in [-0.2, -0.15) is 0 Å². The monoisotopic (exact) mass is 393 g/mol. The molecule has 0 radical (unpaired) electrons. The van der Waals surface area contributed by atoms with E-state index >= 15 is 0 Å². The van der Waals surface area contributed by atoms with Gasteiger partial charge < -0.3 is 0 Å². The molecule has 0 atom stereocenters. The molecule has 0 aliphatic heterocycles. The number of benzene rings is 3. The Morgan fingerprint density at radius 3 is 2.30 bits per heavy atom. The molecule has 0 amide bonds. The maximum absolute atomic E-state index is 13.4. The fraction of sp³-hybridized carbons (Fsp3) is 0.0455. The number of fused-ring (bicyclic) bond motifs is 1. The van der Waals surface area contributed by atoms with Gasteiger partial charge in [-0.15, -0.1) is 0 Å². The Kier molecular flexibility index (Phi) is 4.46. The van der Waals surface area contributed by atoms with E-state index in [2.05, 4.69) is 4.98 Å². The van der Waals surface area contributed by atoms with Gasteiger partial charge in [0.05, 0.1) is 15.3 Å². The quantitative estimate of drug-likeness (QED) is 0.448. The second-order valence-electron chi connectivity index (χ2n) is 6.34. The van der Waals surface area contributed by atoms with Gasteiger partial charge in [-0.1, -0.05) is 59.6 Å². The summed E-state index contributed by atoms with van der Waals surface area (Å²) in [7, 11) is -3.74. The van der Waals surface area contributed by atoms with Gasteiger partial charge in [0.25, 0.3) is 0 Å². The average Bonchev–Trinajstić information content (AvgIpc) is 2.68. The molecule has 0 bridgehead atoms. The number of rotatable bonds is 3. The fourth-order valence-electron chi connectivity index (χ4n) is 3.10. The Labute approximate surface area is 163 Å². The Hall–Kier alpha value is -2.69. The van der Waals surface area contributed by atoms with Crippen LogP contribution in [0.15, 0.2) is 88.8 Å². The SMILES string of the molecule is Cc1ccc(S(=O)(=O)c2cnc3ccc(Cl)cc3c2-c2ccccc2)cc1. The number of sulfone groups is 1. The van der Waals surface area contributed by atoms with Gasteiger partial charge in [-0.25, -0.2) is 8.42 Å². The number of aromatic nitrogens is 1. The van der Waals surface area contributed by atoms with Crippen LogP contribution in [0.25, 0.3) is 22.0 Å². The van der Waals surface area contributed by atoms with Gasteiger partial charge >= 0.3 is 0 Å². The van der Waals surface area contributed by atoms with Crippen LogP contribution in [0, 0.1) is 6.92 Å². The van der Waals surface area contributed by atoms with Crippen molar-refractivity contribution in [3.8, 4) is 11.1 Å². The molecular formula is C22H16ClNO2S. The fourth-order valence-corrected chi connectivity index (χ4v) is 4.71. The summed E-state index contributed by atoms with van der Waals surface area (Å²) in [5.41, 5.74) is 3.11. The minimum atomic E-state index is -3.74. The van der Waals surface area contributed by atoms with Gasteiger partial charge in [0.15, 0.2) is 0 Å². The van der Waals surface area contributed by atoms with Gasteiger partial charge in [-0.05, 0) is 42.8 Å². The third-order valence-electron chi connectivity index (χ3n) is 4.48. The van der Waals surface area contributed by atoms with E-state index in [9.17, 15) is 8.42 Å². The lowest BCUT2D eigenvalue weighted by Crippen LogP contribution is -2.05. The summed E-state index contributed by atoms with van der Waals surface area (Å²) in [6.45, 7) is 1.92. The van der Waals surface area contributed by atoms with Crippen molar-refractivity contribution in [1.29, 1.82) is 0 Å². The van der Waals surface area contributed by atoms with Crippen molar-refractivity contribution in [2.75, 3.05) is 0 Å². The lowest BCUT2D eigenvalue weighted by Gasteiger charge is -2.14. The number of pyridine rings is 1. The molecular weight excluding hydrogens is 378 g/mol. The minimum Gasteiger partial charge on any atom is -0.255 e. The van der Waals surface area contributed by atoms with Crippen LogP contribution < -0.4 is 0 Å². The molecule has 0 spiro atoms. The van der Waals surface area contributed by atoms with Crippen molar-refractivity contribution >= 4 is 32.3 Å². The van der Waals surface area contributed by atoms with E-state index < -0.39 is 9.84 Å². The number of halogens is 1. The van der Waals surface area contributed by atoms with E-state index in [1.807, 2.05) is 37.3 Å². The molecule has 3 nitrogen and oxygen atoms in total. The third-order valence-corrected chi connectivity index (χ3v) is 6.49. The first-order valence-electron chi connectivity index (χ1n) is 8.42. The molecule has 0 unspecified atom stereocenters. The van der Waals surface area contributed by atoms with E-state index in [0.29, 0.717) is 21.5 Å². The molecule has 0 fully saturated rings. The smallest absolute Gasteiger partial charge is 0.208 e. The first-order chi connectivity index (χ1) is 13.0. The number of nitrogens with zero attached hydrogens (tertiary/aromatic N) is 1. The van der Waals surface area contributed by atoms with Crippen LogP contribution >= 0.6 is 11.6 Å². The molecule has 0 saturated carbocycles. The van der Waals surface area contributed by atoms with Gasteiger partial charge in [0, 0.05) is 22.2 Å². The van der Waals surface area contributed by atoms with Crippen LogP contribution in [-0.4, -0.2) is 13.4 Å². The van der Waals surface area contributed by atoms with Crippen LogP contribution in [0.1, 0.15) is 5.56 Å². The van der Waals surface area contributed by atoms with Crippen LogP contribution in [0.2, 0.25) is 5.02 Å². The molecule has 4 rings (SSSR count). The van der Waals surface area contributed by atoms with Gasteiger partial charge in [-0.3, -0.25) is 4.98 Å². The van der Waals surface area contributed by atoms with Crippen LogP contribution in [0.4, 0.5) is 0 Å². The molecule has 0 N–H and O–H groups in total. The van der Waals surface area contributed by atoms with E-state index in [1.165, 1.54) is 6.20 Å². The van der Waals surface area contributed by atoms with E-state index in [0.717, 1.165) is 11.1 Å². The maximum Gasteiger partial charge on any atom is 0.208 e. The van der Waals surface area contributed by atoms with Crippen LogP contribution in [0.3, 0.4) is 0 Å². The van der Waals surface area contributed by atoms with Crippen molar-refractivity contribution in [3.05, 3.63) is 89.6 Å². The van der Waals surface area contributed by atoms with Crippen molar-refractivity contribution < 1.29 is 8.42 Å². The Morgan fingerprint density at radius 2 is 1.59 bits per heavy atom. The molecule has 0 aliphatic rings. The predicted octanol–water partition coefficient (Wildman–Crippen LogP) is 5.70. The summed E-state index contributed by atoms with van der Waals surface area (Å²) < 4.78 is 26.8. The van der Waals surface area contributed by atoms with E-state index in [-0.39, 0.29) is 9.79 Å². The van der Waals surface area contributed by atoms with Gasteiger partial charge in [0.2, 0.25) is 9.84 Å². The summed E-state index contributed by atoms with van der Waals surface area (Å²) in [6, 6.07) is 21.6. The van der Waals surface area contributed by atoms with Crippen LogP contribution in [-0.2, 0) is 9.84 Å². The number of aryl methyl sites for hydroxylation is 1. The van der Waals surface area contributed by atoms with Crippen molar-refractivity contribution in [1.82, 2.24) is 4.98 Å². The summed E-state index contributed by atoms with van der Waals surface area (Å²) in [5, 5.41) is 1.24. The first kappa shape index (κ1) is 17.7. The topological polar surface area (TPSA) is 47.0 Å². The van der Waals surface area contributed by atoms with E-state index in [1.54, 1.807) is 42.5 Å². The van der Waals surface area contributed by atoms with E-state index in [4.69, 9.17) is 11.6 Å².